The highest BCUT2D eigenvalue weighted by molar-refractivity contribution is 7.12. The van der Waals surface area contributed by atoms with Crippen LogP contribution in [0.15, 0.2) is 28.1 Å². The summed E-state index contributed by atoms with van der Waals surface area (Å²) in [7, 11) is 0. The third-order valence-corrected chi connectivity index (χ3v) is 6.30. The van der Waals surface area contributed by atoms with Crippen LogP contribution in [-0.2, 0) is 4.74 Å². The summed E-state index contributed by atoms with van der Waals surface area (Å²) in [6, 6.07) is 5.32. The van der Waals surface area contributed by atoms with Crippen molar-refractivity contribution < 1.29 is 18.8 Å². The molecule has 0 fully saturated rings. The largest absolute Gasteiger partial charge is 0.454 e. The van der Waals surface area contributed by atoms with Crippen molar-refractivity contribution >= 4 is 23.1 Å². The Bertz CT molecular complexity index is 1240. The summed E-state index contributed by atoms with van der Waals surface area (Å²) in [6.45, 7) is 10.9. The van der Waals surface area contributed by atoms with Gasteiger partial charge in [0.1, 0.15) is 5.76 Å². The van der Waals surface area contributed by atoms with Gasteiger partial charge in [0.15, 0.2) is 17.6 Å². The minimum atomic E-state index is -0.553. The van der Waals surface area contributed by atoms with Crippen LogP contribution in [0.4, 0.5) is 0 Å². The number of ketones is 1. The number of carbonyl (C=O) groups is 2. The molecule has 4 heterocycles. The van der Waals surface area contributed by atoms with Gasteiger partial charge < -0.3 is 9.26 Å². The first-order chi connectivity index (χ1) is 15.2. The van der Waals surface area contributed by atoms with E-state index in [1.165, 1.54) is 11.3 Å². The Morgan fingerprint density at radius 1 is 0.969 bits per heavy atom. The predicted molar refractivity (Wildman–Crippen MR) is 120 cm³/mol. The molecule has 166 valence electrons. The molecule has 0 bridgehead atoms. The maximum Gasteiger partial charge on any atom is 0.340 e. The van der Waals surface area contributed by atoms with E-state index in [2.05, 4.69) is 10.1 Å². The third kappa shape index (κ3) is 3.80. The van der Waals surface area contributed by atoms with Crippen LogP contribution < -0.4 is 0 Å². The van der Waals surface area contributed by atoms with Crippen LogP contribution in [0.5, 0.6) is 0 Å². The van der Waals surface area contributed by atoms with E-state index >= 15 is 0 Å². The molecule has 0 aliphatic heterocycles. The number of Topliss-reactive ketones (excluding diaryl/α,β-unsaturated/α-hetero) is 1. The summed E-state index contributed by atoms with van der Waals surface area (Å²) in [6.07, 6.45) is 0. The van der Waals surface area contributed by atoms with E-state index in [1.54, 1.807) is 32.0 Å². The van der Waals surface area contributed by atoms with E-state index in [0.717, 1.165) is 27.9 Å². The number of aromatic nitrogens is 4. The summed E-state index contributed by atoms with van der Waals surface area (Å²) < 4.78 is 14.3. The topological polar surface area (TPSA) is 92.2 Å². The highest BCUT2D eigenvalue weighted by Crippen LogP contribution is 2.25. The van der Waals surface area contributed by atoms with E-state index in [4.69, 9.17) is 9.26 Å². The molecular formula is C23H24N4O4S. The molecule has 8 nitrogen and oxygen atoms in total. The normalized spacial score (nSPS) is 11.2. The Morgan fingerprint density at radius 3 is 2.25 bits per heavy atom. The van der Waals surface area contributed by atoms with E-state index in [-0.39, 0.29) is 12.4 Å². The van der Waals surface area contributed by atoms with Crippen molar-refractivity contribution in [2.45, 2.75) is 41.5 Å². The lowest BCUT2D eigenvalue weighted by atomic mass is 10.1. The van der Waals surface area contributed by atoms with E-state index in [9.17, 15) is 9.59 Å². The number of carbonyl (C=O) groups excluding carboxylic acids is 2. The summed E-state index contributed by atoms with van der Waals surface area (Å²) in [5.41, 5.74) is 5.00. The van der Waals surface area contributed by atoms with Crippen molar-refractivity contribution in [2.75, 3.05) is 6.61 Å². The number of thiazole rings is 1. The standard InChI is InChI=1S/C23H24N4O4S/c1-12-11-32-23(24-12)27-14(3)7-18(16(27)5)20(28)10-30-22(29)19-8-13(2)26(17(19)6)21-9-15(4)31-25-21/h7-9,11H,10H2,1-6H3. The number of ether oxygens (including phenoxy) is 1. The van der Waals surface area contributed by atoms with Crippen molar-refractivity contribution in [3.8, 4) is 10.9 Å². The molecule has 0 spiro atoms. The molecule has 4 aromatic rings. The maximum absolute atomic E-state index is 12.8. The highest BCUT2D eigenvalue weighted by Gasteiger charge is 2.23. The zero-order valence-corrected chi connectivity index (χ0v) is 19.7. The maximum atomic E-state index is 12.8. The van der Waals surface area contributed by atoms with E-state index in [1.807, 2.05) is 42.2 Å². The second-order valence-corrected chi connectivity index (χ2v) is 8.64. The number of hydrogen-bond donors (Lipinski definition) is 0. The summed E-state index contributed by atoms with van der Waals surface area (Å²) in [4.78, 5) is 30.1. The highest BCUT2D eigenvalue weighted by atomic mass is 32.1. The van der Waals surface area contributed by atoms with Gasteiger partial charge in [0.2, 0.25) is 5.78 Å². The molecule has 9 heteroatoms. The zero-order valence-electron chi connectivity index (χ0n) is 18.8. The van der Waals surface area contributed by atoms with E-state index in [0.29, 0.717) is 28.4 Å². The number of hydrogen-bond acceptors (Lipinski definition) is 7. The van der Waals surface area contributed by atoms with Gasteiger partial charge in [-0.3, -0.25) is 13.9 Å². The molecule has 0 radical (unpaired) electrons. The SMILES string of the molecule is Cc1csc(-n2c(C)cc(C(=O)COC(=O)c3cc(C)n(-c4cc(C)on4)c3C)c2C)n1. The van der Waals surface area contributed by atoms with Crippen LogP contribution >= 0.6 is 11.3 Å². The molecule has 0 unspecified atom stereocenters. The predicted octanol–water partition coefficient (Wildman–Crippen LogP) is 4.60. The minimum absolute atomic E-state index is 0.257. The van der Waals surface area contributed by atoms with Crippen molar-refractivity contribution in [3.63, 3.8) is 0 Å². The van der Waals surface area contributed by atoms with Gasteiger partial charge in [-0.1, -0.05) is 5.16 Å². The lowest BCUT2D eigenvalue weighted by molar-refractivity contribution is 0.0474. The molecule has 0 atom stereocenters. The lowest BCUT2D eigenvalue weighted by Crippen LogP contribution is -2.15. The van der Waals surface area contributed by atoms with Crippen LogP contribution in [0.25, 0.3) is 10.9 Å². The second kappa shape index (κ2) is 8.23. The molecule has 32 heavy (non-hydrogen) atoms. The van der Waals surface area contributed by atoms with Crippen LogP contribution in [0.1, 0.15) is 54.9 Å². The van der Waals surface area contributed by atoms with Gasteiger partial charge >= 0.3 is 5.97 Å². The van der Waals surface area contributed by atoms with Crippen LogP contribution in [0, 0.1) is 41.5 Å². The minimum Gasteiger partial charge on any atom is -0.454 e. The van der Waals surface area contributed by atoms with Crippen molar-refractivity contribution in [1.29, 1.82) is 0 Å². The number of aryl methyl sites for hydroxylation is 4. The van der Waals surface area contributed by atoms with Gasteiger partial charge in [0.25, 0.3) is 0 Å². The first kappa shape index (κ1) is 21.8. The molecule has 0 aliphatic carbocycles. The van der Waals surface area contributed by atoms with Crippen LogP contribution in [-0.4, -0.2) is 37.6 Å². The molecule has 0 amide bonds. The van der Waals surface area contributed by atoms with E-state index < -0.39 is 5.97 Å². The number of rotatable bonds is 6. The number of esters is 1. The Labute approximate surface area is 189 Å². The Kier molecular flexibility index (Phi) is 5.60. The zero-order chi connectivity index (χ0) is 23.2. The van der Waals surface area contributed by atoms with Gasteiger partial charge in [-0.15, -0.1) is 11.3 Å². The van der Waals surface area contributed by atoms with Gasteiger partial charge in [-0.25, -0.2) is 9.78 Å². The van der Waals surface area contributed by atoms with Gasteiger partial charge in [0.05, 0.1) is 11.3 Å². The van der Waals surface area contributed by atoms with Crippen LogP contribution in [0.3, 0.4) is 0 Å². The lowest BCUT2D eigenvalue weighted by Gasteiger charge is -2.07. The average Bonchev–Trinajstić information content (AvgIpc) is 3.48. The fraction of sp³-hybridized carbons (Fsp3) is 0.304. The summed E-state index contributed by atoms with van der Waals surface area (Å²) in [5, 5.41) is 6.79. The molecule has 0 aliphatic rings. The van der Waals surface area contributed by atoms with Crippen molar-refractivity contribution in [2.24, 2.45) is 0 Å². The Balaban J connectivity index is 1.51. The molecule has 4 rings (SSSR count). The van der Waals surface area contributed by atoms with Gasteiger partial charge in [0, 0.05) is 39.8 Å². The van der Waals surface area contributed by atoms with Gasteiger partial charge in [-0.05, 0) is 53.7 Å². The molecule has 0 N–H and O–H groups in total. The molecular weight excluding hydrogens is 428 g/mol. The Morgan fingerprint density at radius 2 is 1.62 bits per heavy atom. The van der Waals surface area contributed by atoms with Crippen LogP contribution in [0.2, 0.25) is 0 Å². The average molecular weight is 453 g/mol. The molecule has 0 saturated carbocycles. The quantitative estimate of drug-likeness (QED) is 0.314. The molecule has 0 saturated heterocycles. The smallest absolute Gasteiger partial charge is 0.340 e. The monoisotopic (exact) mass is 452 g/mol. The summed E-state index contributed by atoms with van der Waals surface area (Å²) in [5.74, 6) is 0.458. The first-order valence-electron chi connectivity index (χ1n) is 10.1. The fourth-order valence-electron chi connectivity index (χ4n) is 3.85. The number of nitrogens with zero attached hydrogens (tertiary/aromatic N) is 4. The summed E-state index contributed by atoms with van der Waals surface area (Å²) >= 11 is 1.52. The Hall–Kier alpha value is -3.46. The van der Waals surface area contributed by atoms with Crippen molar-refractivity contribution in [3.05, 3.63) is 68.9 Å². The van der Waals surface area contributed by atoms with Crippen molar-refractivity contribution in [1.82, 2.24) is 19.3 Å². The third-order valence-electron chi connectivity index (χ3n) is 5.36. The second-order valence-electron chi connectivity index (χ2n) is 7.81. The van der Waals surface area contributed by atoms with Gasteiger partial charge in [-0.2, -0.15) is 0 Å². The molecule has 4 aromatic heterocycles. The first-order valence-corrected chi connectivity index (χ1v) is 11.0. The molecule has 0 aromatic carbocycles. The fourth-order valence-corrected chi connectivity index (χ4v) is 4.76.